The number of carbonyl (C=O) groups is 2. The van der Waals surface area contributed by atoms with Crippen LogP contribution < -0.4 is 34.2 Å². The lowest BCUT2D eigenvalue weighted by Gasteiger charge is -2.20. The molecule has 2 rings (SSSR count). The first-order valence-corrected chi connectivity index (χ1v) is 19.6. The molecule has 0 aliphatic heterocycles. The molecule has 0 saturated carbocycles. The second kappa shape index (κ2) is 26.8. The Balaban J connectivity index is 2.31. The number of esters is 2. The molecule has 0 aliphatic carbocycles. The van der Waals surface area contributed by atoms with E-state index in [4.69, 9.17) is 43.6 Å². The molecule has 0 aromatic heterocycles. The van der Waals surface area contributed by atoms with Gasteiger partial charge in [0.05, 0.1) is 50.8 Å². The van der Waals surface area contributed by atoms with E-state index >= 15 is 0 Å². The van der Waals surface area contributed by atoms with E-state index in [1.165, 1.54) is 0 Å². The van der Waals surface area contributed by atoms with Crippen LogP contribution in [-0.4, -0.2) is 70.8 Å². The predicted molar refractivity (Wildman–Crippen MR) is 204 cm³/mol. The Kier molecular flexibility index (Phi) is 22.9. The van der Waals surface area contributed by atoms with Gasteiger partial charge in [-0.3, -0.25) is 0 Å². The maximum absolute atomic E-state index is 13.5. The van der Waals surface area contributed by atoms with Gasteiger partial charge in [0.2, 0.25) is 11.5 Å². The smallest absolute Gasteiger partial charge is 0.338 e. The number of hydrogen-bond acceptors (Lipinski definition) is 11. The van der Waals surface area contributed by atoms with Crippen molar-refractivity contribution in [3.8, 4) is 34.5 Å². The Morgan fingerprint density at radius 2 is 0.808 bits per heavy atom. The molecule has 2 N–H and O–H groups in total. The molecule has 0 bridgehead atoms. The lowest BCUT2D eigenvalue weighted by Crippen LogP contribution is -2.32. The molecular weight excluding hydrogens is 666 g/mol. The van der Waals surface area contributed by atoms with E-state index in [0.29, 0.717) is 74.1 Å². The van der Waals surface area contributed by atoms with Gasteiger partial charge in [-0.1, -0.05) is 80.1 Å². The summed E-state index contributed by atoms with van der Waals surface area (Å²) in [4.78, 5) is 27.0. The van der Waals surface area contributed by atoms with Gasteiger partial charge >= 0.3 is 11.9 Å². The van der Waals surface area contributed by atoms with Crippen LogP contribution in [0, 0.1) is 0 Å². The highest BCUT2D eigenvalue weighted by molar-refractivity contribution is 5.92. The third-order valence-electron chi connectivity index (χ3n) is 7.96. The third-order valence-corrected chi connectivity index (χ3v) is 7.96. The number of nitrogens with two attached hydrogens (primary N) is 1. The molecular formula is C41H65NO10. The van der Waals surface area contributed by atoms with Crippen LogP contribution in [0.5, 0.6) is 34.5 Å². The van der Waals surface area contributed by atoms with Crippen LogP contribution in [-0.2, 0) is 9.47 Å². The topological polar surface area (TPSA) is 134 Å². The first-order chi connectivity index (χ1) is 25.4. The van der Waals surface area contributed by atoms with Crippen molar-refractivity contribution >= 4 is 11.9 Å². The second-order valence-electron chi connectivity index (χ2n) is 12.7. The van der Waals surface area contributed by atoms with E-state index in [-0.39, 0.29) is 24.3 Å². The molecule has 52 heavy (non-hydrogen) atoms. The molecule has 0 radical (unpaired) electrons. The molecule has 11 nitrogen and oxygen atoms in total. The molecule has 0 amide bonds. The van der Waals surface area contributed by atoms with Gasteiger partial charge in [-0.25, -0.2) is 9.59 Å². The molecule has 294 valence electrons. The number of rotatable bonds is 30. The number of hydrogen-bond donors (Lipinski definition) is 1. The summed E-state index contributed by atoms with van der Waals surface area (Å²) < 4.78 is 48.0. The van der Waals surface area contributed by atoms with Crippen LogP contribution in [0.2, 0.25) is 0 Å². The normalized spacial score (nSPS) is 11.4. The van der Waals surface area contributed by atoms with Gasteiger partial charge in [-0.2, -0.15) is 0 Å². The molecule has 0 spiro atoms. The van der Waals surface area contributed by atoms with Crippen molar-refractivity contribution in [2.45, 2.75) is 125 Å². The van der Waals surface area contributed by atoms with E-state index in [9.17, 15) is 9.59 Å². The molecule has 0 fully saturated rings. The van der Waals surface area contributed by atoms with Crippen molar-refractivity contribution in [2.75, 3.05) is 52.8 Å². The van der Waals surface area contributed by atoms with Crippen LogP contribution in [0.3, 0.4) is 0 Å². The van der Waals surface area contributed by atoms with Crippen molar-refractivity contribution in [1.82, 2.24) is 0 Å². The fourth-order valence-electron chi connectivity index (χ4n) is 4.67. The van der Waals surface area contributed by atoms with Gasteiger partial charge in [-0.15, -0.1) is 0 Å². The van der Waals surface area contributed by atoms with Gasteiger partial charge in [0.1, 0.15) is 12.7 Å². The van der Waals surface area contributed by atoms with Gasteiger partial charge < -0.3 is 43.6 Å². The van der Waals surface area contributed by atoms with Crippen molar-refractivity contribution in [1.29, 1.82) is 0 Å². The molecule has 0 heterocycles. The maximum Gasteiger partial charge on any atom is 0.338 e. The summed E-state index contributed by atoms with van der Waals surface area (Å²) >= 11 is 0. The molecule has 2 aromatic rings. The zero-order valence-electron chi connectivity index (χ0n) is 32.7. The summed E-state index contributed by atoms with van der Waals surface area (Å²) in [7, 11) is 0. The van der Waals surface area contributed by atoms with Crippen LogP contribution in [0.1, 0.15) is 139 Å². The Labute approximate surface area is 312 Å². The number of carbonyl (C=O) groups excluding carboxylic acids is 2. The van der Waals surface area contributed by atoms with E-state index in [1.807, 2.05) is 0 Å². The minimum atomic E-state index is -0.914. The largest absolute Gasteiger partial charge is 0.490 e. The molecule has 2 aromatic carbocycles. The SMILES string of the molecule is CCCCOc1cc(C(=O)OCC(CN)OC(=O)c2cc(OCCCC)c(OCCCC)c(OCCCC)c2)cc(OCCCC)c1OCCCC. The maximum atomic E-state index is 13.5. The first-order valence-electron chi connectivity index (χ1n) is 19.6. The zero-order valence-corrected chi connectivity index (χ0v) is 32.7. The summed E-state index contributed by atoms with van der Waals surface area (Å²) in [6.07, 6.45) is 9.89. The van der Waals surface area contributed by atoms with Gasteiger partial charge in [-0.05, 0) is 62.8 Å². The summed E-state index contributed by atoms with van der Waals surface area (Å²) in [5.74, 6) is 1.32. The van der Waals surface area contributed by atoms with E-state index in [1.54, 1.807) is 24.3 Å². The monoisotopic (exact) mass is 731 g/mol. The standard InChI is InChI=1S/C41H65NO10/c1-7-13-19-45-34-25-31(26-35(46-20-14-8-2)38(34)49-23-17-11-5)40(43)51-30-33(29-42)52-41(44)32-27-36(47-21-15-9-3)39(50-24-18-12-6)37(28-32)48-22-16-10-4/h25-28,33H,7-24,29-30,42H2,1-6H3. The predicted octanol–water partition coefficient (Wildman–Crippen LogP) is 9.10. The van der Waals surface area contributed by atoms with Crippen molar-refractivity contribution in [3.63, 3.8) is 0 Å². The Morgan fingerprint density at radius 3 is 1.12 bits per heavy atom. The summed E-state index contributed by atoms with van der Waals surface area (Å²) in [6, 6.07) is 6.44. The molecule has 0 saturated heterocycles. The van der Waals surface area contributed by atoms with Crippen LogP contribution in [0.25, 0.3) is 0 Å². The first kappa shape index (κ1) is 44.3. The highest BCUT2D eigenvalue weighted by Gasteiger charge is 2.24. The second-order valence-corrected chi connectivity index (χ2v) is 12.7. The summed E-state index contributed by atoms with van der Waals surface area (Å²) in [5.41, 5.74) is 6.45. The quantitative estimate of drug-likeness (QED) is 0.0609. The summed E-state index contributed by atoms with van der Waals surface area (Å²) in [5, 5.41) is 0. The average Bonchev–Trinajstić information content (AvgIpc) is 3.14. The minimum absolute atomic E-state index is 0.0715. The summed E-state index contributed by atoms with van der Waals surface area (Å²) in [6.45, 7) is 15.0. The van der Waals surface area contributed by atoms with E-state index < -0.39 is 18.0 Å². The van der Waals surface area contributed by atoms with Crippen LogP contribution >= 0.6 is 0 Å². The minimum Gasteiger partial charge on any atom is -0.490 e. The van der Waals surface area contributed by atoms with Crippen LogP contribution in [0.4, 0.5) is 0 Å². The lowest BCUT2D eigenvalue weighted by molar-refractivity contribution is 0.00188. The third kappa shape index (κ3) is 15.8. The number of ether oxygens (including phenoxy) is 8. The van der Waals surface area contributed by atoms with Crippen molar-refractivity contribution in [2.24, 2.45) is 5.73 Å². The fraction of sp³-hybridized carbons (Fsp3) is 0.659. The number of unbranched alkanes of at least 4 members (excludes halogenated alkanes) is 6. The number of benzene rings is 2. The van der Waals surface area contributed by atoms with E-state index in [0.717, 1.165) is 77.0 Å². The van der Waals surface area contributed by atoms with Crippen molar-refractivity contribution < 1.29 is 47.5 Å². The highest BCUT2D eigenvalue weighted by Crippen LogP contribution is 2.41. The lowest BCUT2D eigenvalue weighted by atomic mass is 10.1. The Hall–Kier alpha value is -3.86. The van der Waals surface area contributed by atoms with Crippen LogP contribution in [0.15, 0.2) is 24.3 Å². The van der Waals surface area contributed by atoms with Gasteiger partial charge in [0.15, 0.2) is 23.0 Å². The molecule has 11 heteroatoms. The molecule has 1 unspecified atom stereocenters. The zero-order chi connectivity index (χ0) is 38.0. The average molecular weight is 732 g/mol. The fourth-order valence-corrected chi connectivity index (χ4v) is 4.67. The Morgan fingerprint density at radius 1 is 0.500 bits per heavy atom. The van der Waals surface area contributed by atoms with E-state index in [2.05, 4.69) is 41.5 Å². The van der Waals surface area contributed by atoms with Gasteiger partial charge in [0.25, 0.3) is 0 Å². The van der Waals surface area contributed by atoms with Gasteiger partial charge in [0, 0.05) is 6.54 Å². The highest BCUT2D eigenvalue weighted by atomic mass is 16.6. The Bertz CT molecular complexity index is 1240. The molecule has 0 aliphatic rings. The van der Waals surface area contributed by atoms with Crippen molar-refractivity contribution in [3.05, 3.63) is 35.4 Å². The molecule has 1 atom stereocenters.